The third-order valence-corrected chi connectivity index (χ3v) is 4.32. The molecule has 4 rings (SSSR count). The Morgan fingerprint density at radius 2 is 1.96 bits per heavy atom. The second kappa shape index (κ2) is 5.92. The lowest BCUT2D eigenvalue weighted by molar-refractivity contribution is -0.116. The van der Waals surface area contributed by atoms with Crippen molar-refractivity contribution in [1.29, 1.82) is 0 Å². The fraction of sp³-hybridized carbons (Fsp3) is 0.211. The molecule has 1 fully saturated rings. The molecule has 1 heterocycles. The minimum absolute atomic E-state index is 0.0887. The molecular formula is C19H18N4O. The maximum Gasteiger partial charge on any atom is 0.224 e. The number of nitrogens with zero attached hydrogens (tertiary/aromatic N) is 2. The number of rotatable bonds is 4. The molecular weight excluding hydrogens is 300 g/mol. The number of fused-ring (bicyclic) bond motifs is 1. The van der Waals surface area contributed by atoms with Gasteiger partial charge in [0.1, 0.15) is 12.1 Å². The fourth-order valence-electron chi connectivity index (χ4n) is 2.83. The number of nitrogen functional groups attached to an aromatic ring is 1. The third-order valence-electron chi connectivity index (χ3n) is 4.32. The van der Waals surface area contributed by atoms with E-state index in [2.05, 4.69) is 15.3 Å². The monoisotopic (exact) mass is 318 g/mol. The minimum Gasteiger partial charge on any atom is -0.383 e. The smallest absolute Gasteiger partial charge is 0.224 e. The molecule has 1 aliphatic carbocycles. The molecule has 1 amide bonds. The molecule has 1 aromatic heterocycles. The van der Waals surface area contributed by atoms with Gasteiger partial charge in [-0.3, -0.25) is 4.79 Å². The molecule has 1 aliphatic rings. The Balaban J connectivity index is 1.62. The van der Waals surface area contributed by atoms with Crippen LogP contribution in [0.1, 0.15) is 19.3 Å². The number of amides is 1. The number of anilines is 2. The van der Waals surface area contributed by atoms with Crippen LogP contribution in [0.15, 0.2) is 48.8 Å². The normalized spacial score (nSPS) is 13.8. The number of carbonyl (C=O) groups is 1. The van der Waals surface area contributed by atoms with Gasteiger partial charge in [-0.15, -0.1) is 0 Å². The van der Waals surface area contributed by atoms with Crippen molar-refractivity contribution in [3.63, 3.8) is 0 Å². The van der Waals surface area contributed by atoms with E-state index in [9.17, 15) is 4.79 Å². The van der Waals surface area contributed by atoms with Gasteiger partial charge in [0.2, 0.25) is 5.91 Å². The van der Waals surface area contributed by atoms with Crippen molar-refractivity contribution >= 4 is 28.3 Å². The van der Waals surface area contributed by atoms with Gasteiger partial charge < -0.3 is 11.1 Å². The lowest BCUT2D eigenvalue weighted by Gasteiger charge is -2.09. The van der Waals surface area contributed by atoms with Crippen LogP contribution in [-0.4, -0.2) is 15.9 Å². The number of nitrogens with one attached hydrogen (secondary N) is 1. The van der Waals surface area contributed by atoms with Crippen LogP contribution in [0, 0.1) is 5.92 Å². The Bertz CT molecular complexity index is 918. The van der Waals surface area contributed by atoms with Crippen LogP contribution in [0.25, 0.3) is 22.0 Å². The Labute approximate surface area is 139 Å². The Kier molecular flexibility index (Phi) is 3.61. The third kappa shape index (κ3) is 3.06. The lowest BCUT2D eigenvalue weighted by Crippen LogP contribution is -2.11. The van der Waals surface area contributed by atoms with E-state index in [0.29, 0.717) is 18.2 Å². The van der Waals surface area contributed by atoms with Crippen molar-refractivity contribution in [2.75, 3.05) is 11.1 Å². The van der Waals surface area contributed by atoms with Crippen molar-refractivity contribution in [3.8, 4) is 11.1 Å². The Morgan fingerprint density at radius 3 is 2.79 bits per heavy atom. The van der Waals surface area contributed by atoms with Crippen molar-refractivity contribution in [2.24, 2.45) is 5.92 Å². The zero-order chi connectivity index (χ0) is 16.5. The molecule has 0 unspecified atom stereocenters. The molecule has 0 aliphatic heterocycles. The van der Waals surface area contributed by atoms with E-state index in [1.54, 1.807) is 0 Å². The van der Waals surface area contributed by atoms with Crippen molar-refractivity contribution < 1.29 is 4.79 Å². The van der Waals surface area contributed by atoms with Gasteiger partial charge in [-0.1, -0.05) is 18.2 Å². The molecule has 120 valence electrons. The summed E-state index contributed by atoms with van der Waals surface area (Å²) < 4.78 is 0. The first-order valence-electron chi connectivity index (χ1n) is 8.09. The number of nitrogens with two attached hydrogens (primary N) is 1. The molecule has 0 saturated heterocycles. The summed E-state index contributed by atoms with van der Waals surface area (Å²) in [6.45, 7) is 0. The molecule has 3 aromatic rings. The average molecular weight is 318 g/mol. The topological polar surface area (TPSA) is 80.9 Å². The highest BCUT2D eigenvalue weighted by Gasteiger charge is 2.24. The van der Waals surface area contributed by atoms with E-state index in [-0.39, 0.29) is 5.91 Å². The summed E-state index contributed by atoms with van der Waals surface area (Å²) in [4.78, 5) is 20.2. The Hall–Kier alpha value is -2.95. The molecule has 2 aromatic carbocycles. The van der Waals surface area contributed by atoms with E-state index in [1.807, 2.05) is 42.5 Å². The molecule has 5 nitrogen and oxygen atoms in total. The van der Waals surface area contributed by atoms with Crippen LogP contribution in [0.4, 0.5) is 11.5 Å². The van der Waals surface area contributed by atoms with Crippen molar-refractivity contribution in [1.82, 2.24) is 9.97 Å². The number of carbonyl (C=O) groups excluding carboxylic acids is 1. The summed E-state index contributed by atoms with van der Waals surface area (Å²) in [5.74, 6) is 1.14. The SMILES string of the molecule is Nc1ncnc2ccc(-c3cccc(NC(=O)CC4CC4)c3)cc12. The number of aromatic nitrogens is 2. The maximum atomic E-state index is 12.0. The van der Waals surface area contributed by atoms with Crippen LogP contribution in [0.2, 0.25) is 0 Å². The average Bonchev–Trinajstić information content (AvgIpc) is 3.39. The highest BCUT2D eigenvalue weighted by atomic mass is 16.1. The van der Waals surface area contributed by atoms with Gasteiger partial charge in [-0.05, 0) is 54.2 Å². The van der Waals surface area contributed by atoms with Gasteiger partial charge in [0.05, 0.1) is 5.52 Å². The zero-order valence-corrected chi connectivity index (χ0v) is 13.2. The van der Waals surface area contributed by atoms with Gasteiger partial charge in [0.15, 0.2) is 0 Å². The summed E-state index contributed by atoms with van der Waals surface area (Å²) in [6.07, 6.45) is 4.43. The van der Waals surface area contributed by atoms with Gasteiger partial charge in [0.25, 0.3) is 0 Å². The highest BCUT2D eigenvalue weighted by Crippen LogP contribution is 2.33. The van der Waals surface area contributed by atoms with E-state index >= 15 is 0 Å². The summed E-state index contributed by atoms with van der Waals surface area (Å²) in [6, 6.07) is 13.8. The van der Waals surface area contributed by atoms with Gasteiger partial charge in [-0.25, -0.2) is 9.97 Å². The molecule has 1 saturated carbocycles. The predicted molar refractivity (Wildman–Crippen MR) is 95.4 cm³/mol. The number of hydrogen-bond donors (Lipinski definition) is 2. The minimum atomic E-state index is 0.0887. The summed E-state index contributed by atoms with van der Waals surface area (Å²) in [5.41, 5.74) is 9.61. The lowest BCUT2D eigenvalue weighted by atomic mass is 10.0. The van der Waals surface area contributed by atoms with Crippen LogP contribution in [-0.2, 0) is 4.79 Å². The standard InChI is InChI=1S/C19H18N4O/c20-19-16-10-14(6-7-17(16)21-11-22-19)13-2-1-3-15(9-13)23-18(24)8-12-4-5-12/h1-3,6-7,9-12H,4-5,8H2,(H,23,24)(H2,20,21,22). The number of benzene rings is 2. The van der Waals surface area contributed by atoms with Gasteiger partial charge in [0, 0.05) is 17.5 Å². The summed E-state index contributed by atoms with van der Waals surface area (Å²) >= 11 is 0. The molecule has 0 radical (unpaired) electrons. The summed E-state index contributed by atoms with van der Waals surface area (Å²) in [7, 11) is 0. The van der Waals surface area contributed by atoms with Gasteiger partial charge in [-0.2, -0.15) is 0 Å². The van der Waals surface area contributed by atoms with E-state index in [4.69, 9.17) is 5.73 Å². The predicted octanol–water partition coefficient (Wildman–Crippen LogP) is 3.62. The maximum absolute atomic E-state index is 12.0. The first-order valence-corrected chi connectivity index (χ1v) is 8.09. The highest BCUT2D eigenvalue weighted by molar-refractivity contribution is 5.93. The molecule has 0 atom stereocenters. The quantitative estimate of drug-likeness (QED) is 0.770. The van der Waals surface area contributed by atoms with Gasteiger partial charge >= 0.3 is 0 Å². The second-order valence-electron chi connectivity index (χ2n) is 6.27. The van der Waals surface area contributed by atoms with E-state index in [0.717, 1.165) is 27.7 Å². The Morgan fingerprint density at radius 1 is 1.12 bits per heavy atom. The second-order valence-corrected chi connectivity index (χ2v) is 6.27. The van der Waals surface area contributed by atoms with Crippen molar-refractivity contribution in [3.05, 3.63) is 48.8 Å². The fourth-order valence-corrected chi connectivity index (χ4v) is 2.83. The van der Waals surface area contributed by atoms with Crippen LogP contribution in [0.3, 0.4) is 0 Å². The molecule has 24 heavy (non-hydrogen) atoms. The first kappa shape index (κ1) is 14.6. The zero-order valence-electron chi connectivity index (χ0n) is 13.2. The number of hydrogen-bond acceptors (Lipinski definition) is 4. The van der Waals surface area contributed by atoms with E-state index in [1.165, 1.54) is 19.2 Å². The van der Waals surface area contributed by atoms with Crippen LogP contribution < -0.4 is 11.1 Å². The molecule has 3 N–H and O–H groups in total. The first-order chi connectivity index (χ1) is 11.7. The summed E-state index contributed by atoms with van der Waals surface area (Å²) in [5, 5.41) is 3.82. The molecule has 5 heteroatoms. The molecule has 0 bridgehead atoms. The van der Waals surface area contributed by atoms with Crippen LogP contribution >= 0.6 is 0 Å². The van der Waals surface area contributed by atoms with Crippen molar-refractivity contribution in [2.45, 2.75) is 19.3 Å². The molecule has 0 spiro atoms. The van der Waals surface area contributed by atoms with Crippen LogP contribution in [0.5, 0.6) is 0 Å². The van der Waals surface area contributed by atoms with E-state index < -0.39 is 0 Å². The largest absolute Gasteiger partial charge is 0.383 e.